The van der Waals surface area contributed by atoms with Gasteiger partial charge in [-0.2, -0.15) is 0 Å². The summed E-state index contributed by atoms with van der Waals surface area (Å²) in [5, 5.41) is 5.57. The van der Waals surface area contributed by atoms with Gasteiger partial charge in [-0.05, 0) is 18.6 Å². The number of nitrogens with zero attached hydrogens (tertiary/aromatic N) is 1. The lowest BCUT2D eigenvalue weighted by Gasteiger charge is -2.11. The average molecular weight is 314 g/mol. The second-order valence-corrected chi connectivity index (χ2v) is 5.64. The number of aryl methyl sites for hydroxylation is 1. The number of para-hydroxylation sites is 2. The molecular formula is C16H18N4O3. The van der Waals surface area contributed by atoms with Gasteiger partial charge >= 0.3 is 0 Å². The summed E-state index contributed by atoms with van der Waals surface area (Å²) in [6.07, 6.45) is 1.72. The fraction of sp³-hybridized carbons (Fsp3) is 0.375. The van der Waals surface area contributed by atoms with Gasteiger partial charge in [0.2, 0.25) is 11.8 Å². The van der Waals surface area contributed by atoms with Crippen molar-refractivity contribution in [2.75, 3.05) is 6.54 Å². The maximum absolute atomic E-state index is 12.0. The molecule has 3 N–H and O–H groups in total. The lowest BCUT2D eigenvalue weighted by atomic mass is 10.2. The standard InChI is InChI=1S/C16H18N4O3/c21-14(17-9-10-5-7-15(22)18-10)8-6-13-16(23)20-12-4-2-1-3-11(12)19-13/h1-4,10H,5-9H2,(H,17,21)(H,18,22)(H,20,23). The normalized spacial score (nSPS) is 17.2. The van der Waals surface area contributed by atoms with Crippen molar-refractivity contribution in [1.82, 2.24) is 20.6 Å². The topological polar surface area (TPSA) is 104 Å². The summed E-state index contributed by atoms with van der Waals surface area (Å²) < 4.78 is 0. The van der Waals surface area contributed by atoms with Crippen molar-refractivity contribution >= 4 is 22.8 Å². The van der Waals surface area contributed by atoms with E-state index in [-0.39, 0.29) is 36.3 Å². The molecule has 2 heterocycles. The van der Waals surface area contributed by atoms with Gasteiger partial charge in [0, 0.05) is 31.8 Å². The van der Waals surface area contributed by atoms with Crippen LogP contribution in [0.2, 0.25) is 0 Å². The van der Waals surface area contributed by atoms with E-state index in [1.807, 2.05) is 18.2 Å². The van der Waals surface area contributed by atoms with Crippen LogP contribution >= 0.6 is 0 Å². The highest BCUT2D eigenvalue weighted by Crippen LogP contribution is 2.07. The fourth-order valence-corrected chi connectivity index (χ4v) is 2.62. The molecule has 1 aromatic heterocycles. The number of aromatic amines is 1. The number of benzene rings is 1. The smallest absolute Gasteiger partial charge is 0.270 e. The van der Waals surface area contributed by atoms with Crippen molar-refractivity contribution in [3.8, 4) is 0 Å². The molecule has 3 rings (SSSR count). The lowest BCUT2D eigenvalue weighted by Crippen LogP contribution is -2.38. The van der Waals surface area contributed by atoms with Crippen LogP contribution in [-0.4, -0.2) is 34.4 Å². The number of amides is 2. The third kappa shape index (κ3) is 3.74. The van der Waals surface area contributed by atoms with Crippen LogP contribution in [0.4, 0.5) is 0 Å². The molecular weight excluding hydrogens is 296 g/mol. The summed E-state index contributed by atoms with van der Waals surface area (Å²) in [6, 6.07) is 7.29. The maximum Gasteiger partial charge on any atom is 0.270 e. The quantitative estimate of drug-likeness (QED) is 0.736. The van der Waals surface area contributed by atoms with E-state index in [2.05, 4.69) is 20.6 Å². The molecule has 2 aromatic rings. The molecule has 1 aliphatic heterocycles. The first kappa shape index (κ1) is 15.2. The number of H-pyrrole nitrogens is 1. The number of hydrogen-bond donors (Lipinski definition) is 3. The van der Waals surface area contributed by atoms with Gasteiger partial charge in [-0.3, -0.25) is 14.4 Å². The minimum atomic E-state index is -0.264. The first-order valence-corrected chi connectivity index (χ1v) is 7.66. The van der Waals surface area contributed by atoms with Gasteiger partial charge in [-0.25, -0.2) is 4.98 Å². The van der Waals surface area contributed by atoms with Gasteiger partial charge in [0.15, 0.2) is 0 Å². The summed E-state index contributed by atoms with van der Waals surface area (Å²) in [4.78, 5) is 42.0. The molecule has 23 heavy (non-hydrogen) atoms. The van der Waals surface area contributed by atoms with Crippen molar-refractivity contribution in [3.63, 3.8) is 0 Å². The van der Waals surface area contributed by atoms with Crippen LogP contribution in [0.3, 0.4) is 0 Å². The monoisotopic (exact) mass is 314 g/mol. The van der Waals surface area contributed by atoms with Gasteiger partial charge < -0.3 is 15.6 Å². The molecule has 7 heteroatoms. The molecule has 1 aromatic carbocycles. The largest absolute Gasteiger partial charge is 0.354 e. The zero-order chi connectivity index (χ0) is 16.2. The Morgan fingerprint density at radius 3 is 2.91 bits per heavy atom. The van der Waals surface area contributed by atoms with Gasteiger partial charge in [-0.1, -0.05) is 12.1 Å². The Bertz CT molecular complexity index is 799. The molecule has 7 nitrogen and oxygen atoms in total. The Kier molecular flexibility index (Phi) is 4.36. The number of nitrogens with one attached hydrogen (secondary N) is 3. The van der Waals surface area contributed by atoms with Gasteiger partial charge in [0.25, 0.3) is 5.56 Å². The molecule has 1 saturated heterocycles. The molecule has 0 aliphatic carbocycles. The van der Waals surface area contributed by atoms with Crippen LogP contribution in [0.1, 0.15) is 25.0 Å². The highest BCUT2D eigenvalue weighted by Gasteiger charge is 2.20. The van der Waals surface area contributed by atoms with Crippen LogP contribution in [0.25, 0.3) is 11.0 Å². The summed E-state index contributed by atoms with van der Waals surface area (Å²) in [6.45, 7) is 0.423. The average Bonchev–Trinajstić information content (AvgIpc) is 2.96. The zero-order valence-electron chi connectivity index (χ0n) is 12.6. The summed E-state index contributed by atoms with van der Waals surface area (Å²) in [7, 11) is 0. The van der Waals surface area contributed by atoms with Gasteiger partial charge in [0.05, 0.1) is 11.0 Å². The minimum Gasteiger partial charge on any atom is -0.354 e. The first-order valence-electron chi connectivity index (χ1n) is 7.66. The van der Waals surface area contributed by atoms with Crippen LogP contribution in [0.15, 0.2) is 29.1 Å². The van der Waals surface area contributed by atoms with Crippen LogP contribution in [-0.2, 0) is 16.0 Å². The van der Waals surface area contributed by atoms with E-state index in [4.69, 9.17) is 0 Å². The van der Waals surface area contributed by atoms with E-state index in [0.717, 1.165) is 6.42 Å². The van der Waals surface area contributed by atoms with Crippen molar-refractivity contribution in [2.24, 2.45) is 0 Å². The fourth-order valence-electron chi connectivity index (χ4n) is 2.62. The molecule has 0 spiro atoms. The number of rotatable bonds is 5. The summed E-state index contributed by atoms with van der Waals surface area (Å²) >= 11 is 0. The molecule has 0 radical (unpaired) electrons. The van der Waals surface area contributed by atoms with Gasteiger partial charge in [-0.15, -0.1) is 0 Å². The van der Waals surface area contributed by atoms with Crippen LogP contribution < -0.4 is 16.2 Å². The molecule has 2 amide bonds. The summed E-state index contributed by atoms with van der Waals surface area (Å²) in [5.41, 5.74) is 1.48. The number of fused-ring (bicyclic) bond motifs is 1. The Morgan fingerprint density at radius 1 is 1.30 bits per heavy atom. The predicted molar refractivity (Wildman–Crippen MR) is 84.9 cm³/mol. The molecule has 1 fully saturated rings. The van der Waals surface area contributed by atoms with E-state index in [1.165, 1.54) is 0 Å². The molecule has 1 aliphatic rings. The van der Waals surface area contributed by atoms with E-state index in [9.17, 15) is 14.4 Å². The van der Waals surface area contributed by atoms with Gasteiger partial charge in [0.1, 0.15) is 5.69 Å². The Hall–Kier alpha value is -2.70. The third-order valence-corrected chi connectivity index (χ3v) is 3.89. The second-order valence-electron chi connectivity index (χ2n) is 5.64. The van der Waals surface area contributed by atoms with Crippen molar-refractivity contribution in [1.29, 1.82) is 0 Å². The Labute approximate surface area is 132 Å². The number of carbonyl (C=O) groups excluding carboxylic acids is 2. The number of carbonyl (C=O) groups is 2. The second kappa shape index (κ2) is 6.60. The molecule has 120 valence electrons. The number of aromatic nitrogens is 2. The molecule has 1 atom stereocenters. The van der Waals surface area contributed by atoms with E-state index >= 15 is 0 Å². The minimum absolute atomic E-state index is 0.00801. The van der Waals surface area contributed by atoms with E-state index in [1.54, 1.807) is 6.07 Å². The van der Waals surface area contributed by atoms with Crippen molar-refractivity contribution in [2.45, 2.75) is 31.7 Å². The predicted octanol–water partition coefficient (Wildman–Crippen LogP) is 0.251. The third-order valence-electron chi connectivity index (χ3n) is 3.89. The van der Waals surface area contributed by atoms with E-state index < -0.39 is 0 Å². The Balaban J connectivity index is 1.55. The van der Waals surface area contributed by atoms with Crippen molar-refractivity contribution in [3.05, 3.63) is 40.3 Å². The van der Waals surface area contributed by atoms with E-state index in [0.29, 0.717) is 29.7 Å². The first-order chi connectivity index (χ1) is 11.1. The summed E-state index contributed by atoms with van der Waals surface area (Å²) in [5.74, 6) is -0.128. The lowest BCUT2D eigenvalue weighted by molar-refractivity contribution is -0.122. The molecule has 0 saturated carbocycles. The highest BCUT2D eigenvalue weighted by molar-refractivity contribution is 5.79. The number of hydrogen-bond acceptors (Lipinski definition) is 4. The van der Waals surface area contributed by atoms with Crippen LogP contribution in [0, 0.1) is 0 Å². The highest BCUT2D eigenvalue weighted by atomic mass is 16.2. The molecule has 1 unspecified atom stereocenters. The SMILES string of the molecule is O=C(CCc1nc2ccccc2[nH]c1=O)NCC1CCC(=O)N1. The van der Waals surface area contributed by atoms with Crippen molar-refractivity contribution < 1.29 is 9.59 Å². The zero-order valence-corrected chi connectivity index (χ0v) is 12.6. The Morgan fingerprint density at radius 2 is 2.13 bits per heavy atom. The molecule has 0 bridgehead atoms. The maximum atomic E-state index is 12.0. The van der Waals surface area contributed by atoms with Crippen LogP contribution in [0.5, 0.6) is 0 Å².